The fourth-order valence-electron chi connectivity index (χ4n) is 4.12. The van der Waals surface area contributed by atoms with Crippen LogP contribution in [0.1, 0.15) is 38.5 Å². The van der Waals surface area contributed by atoms with Crippen LogP contribution in [0.25, 0.3) is 0 Å². The highest BCUT2D eigenvalue weighted by atomic mass is 32.7. The minimum absolute atomic E-state index is 1.21. The van der Waals surface area contributed by atoms with Gasteiger partial charge in [0.2, 0.25) is 0 Å². The van der Waals surface area contributed by atoms with Gasteiger partial charge in [0.1, 0.15) is 16.4 Å². The SMILES string of the molecule is c1ccc(S[P+](N2CCCC2)(N2CCCC2)N2CCCC2)nc1. The normalized spacial score (nSPS) is 24.7. The number of hydrogen-bond acceptors (Lipinski definition) is 5. The van der Waals surface area contributed by atoms with Crippen molar-refractivity contribution >= 4 is 18.3 Å². The molecule has 4 rings (SSSR count). The zero-order valence-corrected chi connectivity index (χ0v) is 15.6. The monoisotopic (exact) mass is 351 g/mol. The zero-order chi connectivity index (χ0) is 15.5. The van der Waals surface area contributed by atoms with Gasteiger partial charge < -0.3 is 0 Å². The summed E-state index contributed by atoms with van der Waals surface area (Å²) in [5, 5.41) is 1.21. The first kappa shape index (κ1) is 16.3. The summed E-state index contributed by atoms with van der Waals surface area (Å²) >= 11 is 2.11. The summed E-state index contributed by atoms with van der Waals surface area (Å²) in [7, 11) is 0. The zero-order valence-electron chi connectivity index (χ0n) is 13.9. The third-order valence-corrected chi connectivity index (χ3v) is 12.7. The molecule has 6 heteroatoms. The number of nitrogens with zero attached hydrogens (tertiary/aromatic N) is 4. The molecule has 0 unspecified atom stereocenters. The second kappa shape index (κ2) is 7.37. The van der Waals surface area contributed by atoms with Crippen molar-refractivity contribution in [3.8, 4) is 0 Å². The molecule has 4 heterocycles. The third-order valence-electron chi connectivity index (χ3n) is 5.21. The van der Waals surface area contributed by atoms with E-state index in [-0.39, 0.29) is 0 Å². The molecule has 0 aliphatic carbocycles. The number of aromatic nitrogens is 1. The van der Waals surface area contributed by atoms with Crippen LogP contribution in [0, 0.1) is 0 Å². The molecule has 0 spiro atoms. The van der Waals surface area contributed by atoms with E-state index in [4.69, 9.17) is 0 Å². The minimum Gasteiger partial charge on any atom is -0.246 e. The molecule has 3 fully saturated rings. The highest BCUT2D eigenvalue weighted by Crippen LogP contribution is 2.80. The fourth-order valence-corrected chi connectivity index (χ4v) is 12.0. The molecular formula is C17H28N4PS+. The topological polar surface area (TPSA) is 22.6 Å². The molecule has 0 aromatic carbocycles. The lowest BCUT2D eigenvalue weighted by atomic mass is 10.4. The average molecular weight is 351 g/mol. The van der Waals surface area contributed by atoms with Gasteiger partial charge in [0.15, 0.2) is 0 Å². The standard InChI is InChI=1S/C17H28N4PS/c1-2-10-18-17(9-1)23-22(19-11-3-4-12-19,20-13-5-6-14-20)21-15-7-8-16-21/h1-2,9-10H,3-8,11-16H2/q+1. The van der Waals surface area contributed by atoms with E-state index >= 15 is 0 Å². The molecule has 23 heavy (non-hydrogen) atoms. The van der Waals surface area contributed by atoms with Crippen LogP contribution < -0.4 is 0 Å². The largest absolute Gasteiger partial charge is 0.297 e. The summed E-state index contributed by atoms with van der Waals surface area (Å²) in [6.07, 6.45) is 10.2. The summed E-state index contributed by atoms with van der Waals surface area (Å²) in [6, 6.07) is 6.38. The Hall–Kier alpha value is -0.190. The Balaban J connectivity index is 1.71. The molecule has 0 amide bonds. The van der Waals surface area contributed by atoms with Gasteiger partial charge in [-0.3, -0.25) is 0 Å². The van der Waals surface area contributed by atoms with E-state index < -0.39 is 6.92 Å². The number of rotatable bonds is 5. The quantitative estimate of drug-likeness (QED) is 0.742. The molecule has 0 saturated carbocycles. The van der Waals surface area contributed by atoms with E-state index in [0.29, 0.717) is 0 Å². The summed E-state index contributed by atoms with van der Waals surface area (Å²) in [4.78, 5) is 4.69. The molecule has 3 saturated heterocycles. The van der Waals surface area contributed by atoms with E-state index in [1.54, 1.807) is 0 Å². The number of pyridine rings is 1. The van der Waals surface area contributed by atoms with Crippen molar-refractivity contribution in [2.45, 2.75) is 43.6 Å². The van der Waals surface area contributed by atoms with Gasteiger partial charge in [-0.25, -0.2) is 4.98 Å². The van der Waals surface area contributed by atoms with E-state index in [2.05, 4.69) is 42.5 Å². The van der Waals surface area contributed by atoms with Crippen molar-refractivity contribution in [1.82, 2.24) is 19.0 Å². The second-order valence-electron chi connectivity index (χ2n) is 6.75. The molecule has 0 bridgehead atoms. The Labute approximate surface area is 144 Å². The van der Waals surface area contributed by atoms with Crippen molar-refractivity contribution in [2.75, 3.05) is 39.3 Å². The number of hydrogen-bond donors (Lipinski definition) is 0. The Morgan fingerprint density at radius 3 is 1.61 bits per heavy atom. The summed E-state index contributed by atoms with van der Waals surface area (Å²) < 4.78 is 8.59. The molecule has 1 aromatic heterocycles. The molecule has 4 nitrogen and oxygen atoms in total. The van der Waals surface area contributed by atoms with Gasteiger partial charge in [-0.05, 0) is 50.7 Å². The first-order valence-electron chi connectivity index (χ1n) is 9.15. The van der Waals surface area contributed by atoms with Crippen LogP contribution in [0.4, 0.5) is 0 Å². The van der Waals surface area contributed by atoms with E-state index in [9.17, 15) is 0 Å². The van der Waals surface area contributed by atoms with E-state index in [0.717, 1.165) is 0 Å². The molecule has 0 radical (unpaired) electrons. The first-order valence-corrected chi connectivity index (χ1v) is 12.2. The van der Waals surface area contributed by atoms with Gasteiger partial charge in [0.05, 0.1) is 0 Å². The van der Waals surface area contributed by atoms with Gasteiger partial charge in [0.25, 0.3) is 6.92 Å². The predicted molar refractivity (Wildman–Crippen MR) is 99.4 cm³/mol. The van der Waals surface area contributed by atoms with Crippen LogP contribution in [0.15, 0.2) is 29.4 Å². The van der Waals surface area contributed by atoms with Crippen LogP contribution in [-0.4, -0.2) is 58.3 Å². The van der Waals surface area contributed by atoms with E-state index in [1.807, 2.05) is 12.3 Å². The molecule has 0 atom stereocenters. The second-order valence-corrected chi connectivity index (χ2v) is 12.1. The lowest BCUT2D eigenvalue weighted by Gasteiger charge is -2.42. The smallest absolute Gasteiger partial charge is 0.246 e. The lowest BCUT2D eigenvalue weighted by Crippen LogP contribution is -2.40. The van der Waals surface area contributed by atoms with Crippen LogP contribution in [-0.2, 0) is 0 Å². The van der Waals surface area contributed by atoms with Crippen LogP contribution in [0.5, 0.6) is 0 Å². The molecule has 126 valence electrons. The molecular weight excluding hydrogens is 323 g/mol. The van der Waals surface area contributed by atoms with E-state index in [1.165, 1.54) is 82.8 Å². The minimum atomic E-state index is -1.51. The molecule has 0 N–H and O–H groups in total. The van der Waals surface area contributed by atoms with Gasteiger partial charge in [-0.2, -0.15) is 0 Å². The van der Waals surface area contributed by atoms with Crippen molar-refractivity contribution in [1.29, 1.82) is 0 Å². The highest BCUT2D eigenvalue weighted by Gasteiger charge is 2.60. The van der Waals surface area contributed by atoms with Gasteiger partial charge >= 0.3 is 0 Å². The Bertz CT molecular complexity index is 456. The van der Waals surface area contributed by atoms with Crippen molar-refractivity contribution in [3.63, 3.8) is 0 Å². The Kier molecular flexibility index (Phi) is 5.22. The van der Waals surface area contributed by atoms with Crippen molar-refractivity contribution < 1.29 is 0 Å². The lowest BCUT2D eigenvalue weighted by molar-refractivity contribution is 0.390. The maximum Gasteiger partial charge on any atom is 0.297 e. The van der Waals surface area contributed by atoms with Gasteiger partial charge in [0, 0.05) is 45.5 Å². The maximum atomic E-state index is 4.69. The van der Waals surface area contributed by atoms with Crippen LogP contribution >= 0.6 is 18.3 Å². The summed E-state index contributed by atoms with van der Waals surface area (Å²) in [5.74, 6) is 0. The Morgan fingerprint density at radius 1 is 0.739 bits per heavy atom. The summed E-state index contributed by atoms with van der Waals surface area (Å²) in [6.45, 7) is 6.16. The van der Waals surface area contributed by atoms with Crippen LogP contribution in [0.2, 0.25) is 0 Å². The molecule has 3 aliphatic rings. The fraction of sp³-hybridized carbons (Fsp3) is 0.706. The Morgan fingerprint density at radius 2 is 1.22 bits per heavy atom. The average Bonchev–Trinajstić information content (AvgIpc) is 3.38. The molecule has 3 aliphatic heterocycles. The van der Waals surface area contributed by atoms with Gasteiger partial charge in [-0.1, -0.05) is 6.07 Å². The van der Waals surface area contributed by atoms with Crippen molar-refractivity contribution in [3.05, 3.63) is 24.4 Å². The summed E-state index contributed by atoms with van der Waals surface area (Å²) in [5.41, 5.74) is 0. The predicted octanol–water partition coefficient (Wildman–Crippen LogP) is 4.14. The highest BCUT2D eigenvalue weighted by molar-refractivity contribution is 8.60. The van der Waals surface area contributed by atoms with Crippen molar-refractivity contribution in [2.24, 2.45) is 0 Å². The first-order chi connectivity index (χ1) is 11.4. The van der Waals surface area contributed by atoms with Gasteiger partial charge in [-0.15, -0.1) is 14.0 Å². The maximum absolute atomic E-state index is 4.69. The van der Waals surface area contributed by atoms with Crippen LogP contribution in [0.3, 0.4) is 0 Å². The third kappa shape index (κ3) is 3.19. The molecule has 1 aromatic rings.